The molecule has 0 N–H and O–H groups in total. The summed E-state index contributed by atoms with van der Waals surface area (Å²) < 4.78 is 180. The van der Waals surface area contributed by atoms with Gasteiger partial charge in [0.1, 0.15) is 5.82 Å². The zero-order chi connectivity index (χ0) is 50.9. The molecule has 0 atom stereocenters. The molecule has 0 bridgehead atoms. The Bertz CT molecular complexity index is 3810. The average Bonchev–Trinajstić information content (AvgIpc) is 3.83. The molecular formula is C48H36N2. The minimum Gasteiger partial charge on any atom is -0.296 e. The molecular weight excluding hydrogens is 605 g/mol. The number of hydrogen-bond donors (Lipinski definition) is 0. The van der Waals surface area contributed by atoms with Crippen molar-refractivity contribution >= 4 is 43.4 Å². The van der Waals surface area contributed by atoms with E-state index in [0.29, 0.717) is 27.5 Å². The van der Waals surface area contributed by atoms with Crippen LogP contribution in [0.5, 0.6) is 0 Å². The van der Waals surface area contributed by atoms with Gasteiger partial charge in [0.2, 0.25) is 0 Å². The fourth-order valence-corrected chi connectivity index (χ4v) is 7.34. The molecule has 1 aliphatic carbocycles. The van der Waals surface area contributed by atoms with E-state index in [1.807, 2.05) is 0 Å². The van der Waals surface area contributed by atoms with Gasteiger partial charge in [-0.2, -0.15) is 0 Å². The van der Waals surface area contributed by atoms with Gasteiger partial charge in [-0.25, -0.2) is 4.98 Å². The molecule has 8 aromatic carbocycles. The van der Waals surface area contributed by atoms with Gasteiger partial charge in [0.25, 0.3) is 0 Å². The highest BCUT2D eigenvalue weighted by Gasteiger charge is 2.35. The first-order valence-electron chi connectivity index (χ1n) is 25.9. The van der Waals surface area contributed by atoms with Crippen LogP contribution >= 0.6 is 0 Å². The lowest BCUT2D eigenvalue weighted by Gasteiger charge is -2.23. The molecule has 0 fully saturated rings. The molecule has 50 heavy (non-hydrogen) atoms. The molecule has 0 unspecified atom stereocenters. The van der Waals surface area contributed by atoms with Crippen molar-refractivity contribution in [1.29, 1.82) is 0 Å². The van der Waals surface area contributed by atoms with Gasteiger partial charge < -0.3 is 0 Å². The maximum Gasteiger partial charge on any atom is 0.114 e. The molecule has 0 saturated heterocycles. The lowest BCUT2D eigenvalue weighted by molar-refractivity contribution is 0.660. The van der Waals surface area contributed by atoms with Gasteiger partial charge in [0.05, 0.1) is 31.6 Å². The second kappa shape index (κ2) is 10.8. The number of benzene rings is 8. The smallest absolute Gasteiger partial charge is 0.114 e. The van der Waals surface area contributed by atoms with Gasteiger partial charge in [-0.15, -0.1) is 0 Å². The highest BCUT2D eigenvalue weighted by atomic mass is 15.1. The Hall–Kier alpha value is -5.99. The molecule has 9 aromatic rings. The van der Waals surface area contributed by atoms with Crippen LogP contribution in [0.3, 0.4) is 0 Å². The predicted molar refractivity (Wildman–Crippen MR) is 211 cm³/mol. The number of imidazole rings is 1. The largest absolute Gasteiger partial charge is 0.296 e. The number of aryl methyl sites for hydroxylation is 1. The van der Waals surface area contributed by atoms with Crippen LogP contribution in [0.2, 0.25) is 0 Å². The summed E-state index contributed by atoms with van der Waals surface area (Å²) in [6.45, 7) is 0.128. The first-order valence-corrected chi connectivity index (χ1v) is 15.9. The fourth-order valence-electron chi connectivity index (χ4n) is 7.34. The van der Waals surface area contributed by atoms with E-state index in [9.17, 15) is 9.60 Å². The van der Waals surface area contributed by atoms with E-state index >= 15 is 0 Å². The normalized spacial score (nSPS) is 19.6. The maximum atomic E-state index is 9.91. The molecule has 0 amide bonds. The summed E-state index contributed by atoms with van der Waals surface area (Å²) in [5, 5.41) is -0.00858. The zero-order valence-corrected chi connectivity index (χ0v) is 26.7. The molecule has 238 valence electrons. The first-order chi connectivity index (χ1) is 32.7. The Labute approximate surface area is 320 Å². The molecule has 1 aliphatic rings. The number of aromatic nitrogens is 2. The second-order valence-corrected chi connectivity index (χ2v) is 12.8. The molecule has 0 aliphatic heterocycles. The molecule has 0 spiro atoms. The van der Waals surface area contributed by atoms with E-state index in [1.165, 1.54) is 4.57 Å². The van der Waals surface area contributed by atoms with Crippen LogP contribution in [-0.4, -0.2) is 9.55 Å². The standard InChI is InChI=1S/C48H36N2/c1-4-45-49-43-19-11-12-20-44(43)50(45)34-25-23-30-27-32(22-21-31(30)28-34)46-37-14-5-7-16-39(37)47(40-17-8-6-15-38(40)46)33-24-26-36-35-13-9-10-18-41(35)48(2,3)42(36)29-33/h5-29H,4H2,1-3H3/i1D3,4D2,5D,6D,7D,8D,9D,10D,13D,14D,15D,16D,17D,18D,24D,26D,29D. The molecule has 2 nitrogen and oxygen atoms in total. The Morgan fingerprint density at radius 2 is 1.30 bits per heavy atom. The van der Waals surface area contributed by atoms with E-state index in [-0.39, 0.29) is 66.3 Å². The summed E-state index contributed by atoms with van der Waals surface area (Å²) in [7, 11) is 0. The number of para-hydroxylation sites is 2. The van der Waals surface area contributed by atoms with Crippen molar-refractivity contribution in [3.05, 3.63) is 168 Å². The Balaban J connectivity index is 1.32. The molecule has 1 heterocycles. The van der Waals surface area contributed by atoms with Gasteiger partial charge in [-0.05, 0) is 113 Å². The van der Waals surface area contributed by atoms with Crippen LogP contribution in [0, 0.1) is 0 Å². The minimum absolute atomic E-state index is 0.0248. The van der Waals surface area contributed by atoms with Crippen molar-refractivity contribution < 1.29 is 27.4 Å². The van der Waals surface area contributed by atoms with E-state index in [0.717, 1.165) is 0 Å². The average molecular weight is 661 g/mol. The third kappa shape index (κ3) is 4.12. The van der Waals surface area contributed by atoms with Crippen LogP contribution in [-0.2, 0) is 11.8 Å². The van der Waals surface area contributed by atoms with Crippen molar-refractivity contribution in [2.75, 3.05) is 0 Å². The predicted octanol–water partition coefficient (Wildman–Crippen LogP) is 12.7. The van der Waals surface area contributed by atoms with E-state index in [4.69, 9.17) is 17.8 Å². The third-order valence-corrected chi connectivity index (χ3v) is 9.67. The highest BCUT2D eigenvalue weighted by molar-refractivity contribution is 6.21. The van der Waals surface area contributed by atoms with Crippen LogP contribution in [0.4, 0.5) is 0 Å². The minimum atomic E-state index is -3.08. The van der Waals surface area contributed by atoms with Gasteiger partial charge in [0.15, 0.2) is 0 Å². The summed E-state index contributed by atoms with van der Waals surface area (Å²) in [6, 6.07) is 7.44. The Morgan fingerprint density at radius 1 is 0.660 bits per heavy atom. The Morgan fingerprint density at radius 3 is 2.06 bits per heavy atom. The number of rotatable bonds is 4. The van der Waals surface area contributed by atoms with Crippen molar-refractivity contribution in [2.45, 2.75) is 32.5 Å². The molecule has 2 heteroatoms. The van der Waals surface area contributed by atoms with Crippen molar-refractivity contribution in [1.82, 2.24) is 9.55 Å². The monoisotopic (exact) mass is 660 g/mol. The summed E-state index contributed by atoms with van der Waals surface area (Å²) in [5.74, 6) is -0.349. The molecule has 10 rings (SSSR count). The van der Waals surface area contributed by atoms with Gasteiger partial charge in [0, 0.05) is 24.3 Å². The Kier molecular flexibility index (Phi) is 3.29. The lowest BCUT2D eigenvalue weighted by Crippen LogP contribution is -2.14. The van der Waals surface area contributed by atoms with Crippen molar-refractivity contribution in [3.63, 3.8) is 0 Å². The fraction of sp³-hybridized carbons (Fsp3) is 0.104. The van der Waals surface area contributed by atoms with E-state index in [1.54, 1.807) is 74.5 Å². The van der Waals surface area contributed by atoms with Crippen LogP contribution in [0.1, 0.15) is 65.1 Å². The number of hydrogen-bond acceptors (Lipinski definition) is 1. The summed E-state index contributed by atoms with van der Waals surface area (Å²) in [4.78, 5) is 4.41. The second-order valence-electron chi connectivity index (χ2n) is 12.8. The third-order valence-electron chi connectivity index (χ3n) is 9.67. The first kappa shape index (κ1) is 15.3. The lowest BCUT2D eigenvalue weighted by atomic mass is 9.80. The SMILES string of the molecule is [2H]c1c([2H])c([2H])c2c(c1[2H])-c1c([2H])c([2H])c(-c3c4c([2H])c([2H])c([2H])c([2H])c4c(-c4ccc5cc(-n6c(C([2H])([2H])C([2H])([2H])[2H])nc7ccccc76)ccc5c4)c4c([2H])c([2H])c([2H])c([2H])c34)c([2H])c1C2(C)C. The number of nitrogens with zero attached hydrogens (tertiary/aromatic N) is 2. The molecule has 0 saturated carbocycles. The number of fused-ring (bicyclic) bond motifs is 7. The van der Waals surface area contributed by atoms with Crippen molar-refractivity contribution in [2.24, 2.45) is 0 Å². The van der Waals surface area contributed by atoms with Gasteiger partial charge in [-0.1, -0.05) is 136 Å². The topological polar surface area (TPSA) is 17.8 Å². The van der Waals surface area contributed by atoms with E-state index in [2.05, 4.69) is 4.98 Å². The maximum absolute atomic E-state index is 9.91. The van der Waals surface area contributed by atoms with E-state index < -0.39 is 115 Å². The molecule has 1 aromatic heterocycles. The zero-order valence-electron chi connectivity index (χ0n) is 46.7. The van der Waals surface area contributed by atoms with Crippen LogP contribution in [0.25, 0.3) is 82.4 Å². The van der Waals surface area contributed by atoms with Crippen LogP contribution < -0.4 is 0 Å². The summed E-state index contributed by atoms with van der Waals surface area (Å²) >= 11 is 0. The van der Waals surface area contributed by atoms with Crippen LogP contribution in [0.15, 0.2) is 151 Å². The summed E-state index contributed by atoms with van der Waals surface area (Å²) in [5.41, 5.74) is -0.825. The van der Waals surface area contributed by atoms with Gasteiger partial charge >= 0.3 is 0 Å². The van der Waals surface area contributed by atoms with Crippen molar-refractivity contribution in [3.8, 4) is 39.1 Å². The molecule has 0 radical (unpaired) electrons. The van der Waals surface area contributed by atoms with Gasteiger partial charge in [-0.3, -0.25) is 4.57 Å². The quantitative estimate of drug-likeness (QED) is 0.172. The highest BCUT2D eigenvalue weighted by Crippen LogP contribution is 2.51. The summed E-state index contributed by atoms with van der Waals surface area (Å²) in [6.07, 6.45) is -2.88.